The molecular formula is C27H25N5O. The zero-order chi connectivity index (χ0) is 22.6. The molecule has 1 aliphatic rings. The largest absolute Gasteiger partial charge is 0.336 e. The summed E-state index contributed by atoms with van der Waals surface area (Å²) < 4.78 is 2.15. The fourth-order valence-corrected chi connectivity index (χ4v) is 4.42. The number of hydrogen-bond acceptors (Lipinski definition) is 3. The quantitative estimate of drug-likeness (QED) is 0.431. The molecule has 1 fully saturated rings. The van der Waals surface area contributed by atoms with E-state index in [0.717, 1.165) is 53.8 Å². The molecular weight excluding hydrogens is 410 g/mol. The molecule has 33 heavy (non-hydrogen) atoms. The first-order valence-corrected chi connectivity index (χ1v) is 11.2. The lowest BCUT2D eigenvalue weighted by atomic mass is 10.0. The standard InChI is InChI=1S/C27H25N5O/c1-28-23-11-9-21(10-12-23)18-32-20-29-17-24(32)19-30-13-15-31(16-14-30)27(33)26-8-4-6-22-5-2-3-7-25(22)26/h2-12,17,20H,13-16,18-19H2. The Hall–Kier alpha value is -3.95. The second kappa shape index (κ2) is 9.27. The summed E-state index contributed by atoms with van der Waals surface area (Å²) in [7, 11) is 0. The Morgan fingerprint density at radius 2 is 1.67 bits per heavy atom. The van der Waals surface area contributed by atoms with Gasteiger partial charge in [0.2, 0.25) is 0 Å². The summed E-state index contributed by atoms with van der Waals surface area (Å²) in [4.78, 5) is 25.4. The van der Waals surface area contributed by atoms with Gasteiger partial charge in [-0.05, 0) is 22.4 Å². The number of amides is 1. The van der Waals surface area contributed by atoms with Gasteiger partial charge in [0.05, 0.1) is 18.6 Å². The number of carbonyl (C=O) groups excluding carboxylic acids is 1. The Labute approximate surface area is 193 Å². The van der Waals surface area contributed by atoms with E-state index in [4.69, 9.17) is 6.57 Å². The molecule has 164 valence electrons. The Balaban J connectivity index is 1.21. The lowest BCUT2D eigenvalue weighted by molar-refractivity contribution is 0.0627. The van der Waals surface area contributed by atoms with Crippen LogP contribution in [-0.4, -0.2) is 51.4 Å². The van der Waals surface area contributed by atoms with Crippen LogP contribution in [0.5, 0.6) is 0 Å². The molecule has 1 aromatic heterocycles. The Morgan fingerprint density at radius 3 is 2.45 bits per heavy atom. The van der Waals surface area contributed by atoms with E-state index in [2.05, 4.69) is 19.3 Å². The average Bonchev–Trinajstić information content (AvgIpc) is 3.30. The predicted molar refractivity (Wildman–Crippen MR) is 129 cm³/mol. The summed E-state index contributed by atoms with van der Waals surface area (Å²) in [6.07, 6.45) is 3.78. The van der Waals surface area contributed by atoms with Crippen LogP contribution in [0.1, 0.15) is 21.6 Å². The van der Waals surface area contributed by atoms with Gasteiger partial charge in [-0.25, -0.2) is 9.83 Å². The number of imidazole rings is 1. The highest BCUT2D eigenvalue weighted by atomic mass is 16.2. The molecule has 1 aliphatic heterocycles. The highest BCUT2D eigenvalue weighted by Gasteiger charge is 2.23. The van der Waals surface area contributed by atoms with E-state index in [9.17, 15) is 4.79 Å². The van der Waals surface area contributed by atoms with Crippen LogP contribution in [0.2, 0.25) is 0 Å². The molecule has 0 N–H and O–H groups in total. The van der Waals surface area contributed by atoms with Gasteiger partial charge in [0.15, 0.2) is 5.69 Å². The maximum Gasteiger partial charge on any atom is 0.254 e. The molecule has 3 aromatic carbocycles. The molecule has 0 aliphatic carbocycles. The van der Waals surface area contributed by atoms with E-state index in [0.29, 0.717) is 18.8 Å². The second-order valence-electron chi connectivity index (χ2n) is 8.39. The van der Waals surface area contributed by atoms with Gasteiger partial charge in [-0.2, -0.15) is 0 Å². The third kappa shape index (κ3) is 4.50. The molecule has 0 radical (unpaired) electrons. The van der Waals surface area contributed by atoms with Crippen molar-refractivity contribution >= 4 is 22.4 Å². The lowest BCUT2D eigenvalue weighted by Crippen LogP contribution is -2.48. The number of fused-ring (bicyclic) bond motifs is 1. The minimum Gasteiger partial charge on any atom is -0.336 e. The summed E-state index contributed by atoms with van der Waals surface area (Å²) in [5, 5.41) is 2.11. The number of aromatic nitrogens is 2. The molecule has 6 heteroatoms. The Morgan fingerprint density at radius 1 is 0.909 bits per heavy atom. The van der Waals surface area contributed by atoms with Crippen molar-refractivity contribution in [1.82, 2.24) is 19.4 Å². The molecule has 0 saturated carbocycles. The van der Waals surface area contributed by atoms with E-state index in [1.165, 1.54) is 0 Å². The van der Waals surface area contributed by atoms with Crippen LogP contribution >= 0.6 is 0 Å². The number of hydrogen-bond donors (Lipinski definition) is 0. The molecule has 1 amide bonds. The Kier molecular flexibility index (Phi) is 5.88. The smallest absolute Gasteiger partial charge is 0.254 e. The molecule has 0 atom stereocenters. The van der Waals surface area contributed by atoms with Crippen LogP contribution in [0.4, 0.5) is 5.69 Å². The van der Waals surface area contributed by atoms with Gasteiger partial charge in [-0.3, -0.25) is 9.69 Å². The van der Waals surface area contributed by atoms with E-state index < -0.39 is 0 Å². The molecule has 0 unspecified atom stereocenters. The third-order valence-electron chi connectivity index (χ3n) is 6.28. The molecule has 0 spiro atoms. The number of carbonyl (C=O) groups is 1. The van der Waals surface area contributed by atoms with Gasteiger partial charge in [0.1, 0.15) is 0 Å². The highest BCUT2D eigenvalue weighted by molar-refractivity contribution is 6.07. The molecule has 2 heterocycles. The summed E-state index contributed by atoms with van der Waals surface area (Å²) >= 11 is 0. The topological polar surface area (TPSA) is 45.7 Å². The van der Waals surface area contributed by atoms with Crippen LogP contribution in [0.15, 0.2) is 79.3 Å². The van der Waals surface area contributed by atoms with Crippen LogP contribution < -0.4 is 0 Å². The van der Waals surface area contributed by atoms with Crippen LogP contribution in [0.25, 0.3) is 15.6 Å². The average molecular weight is 436 g/mol. The fourth-order valence-electron chi connectivity index (χ4n) is 4.42. The lowest BCUT2D eigenvalue weighted by Gasteiger charge is -2.35. The van der Waals surface area contributed by atoms with E-state index in [1.807, 2.05) is 84.2 Å². The third-order valence-corrected chi connectivity index (χ3v) is 6.28. The maximum absolute atomic E-state index is 13.2. The van der Waals surface area contributed by atoms with E-state index in [1.54, 1.807) is 0 Å². The minimum absolute atomic E-state index is 0.111. The normalized spacial score (nSPS) is 14.3. The van der Waals surface area contributed by atoms with Gasteiger partial charge in [0.25, 0.3) is 5.91 Å². The van der Waals surface area contributed by atoms with Gasteiger partial charge in [-0.15, -0.1) is 0 Å². The molecule has 1 saturated heterocycles. The number of nitrogens with zero attached hydrogens (tertiary/aromatic N) is 5. The molecule has 0 bridgehead atoms. The summed E-state index contributed by atoms with van der Waals surface area (Å²) in [6.45, 7) is 11.7. The van der Waals surface area contributed by atoms with Crippen molar-refractivity contribution in [2.24, 2.45) is 0 Å². The van der Waals surface area contributed by atoms with Crippen molar-refractivity contribution in [3.05, 3.63) is 107 Å². The Bertz CT molecular complexity index is 1310. The zero-order valence-electron chi connectivity index (χ0n) is 18.4. The van der Waals surface area contributed by atoms with Crippen LogP contribution in [0, 0.1) is 6.57 Å². The molecule has 4 aromatic rings. The first-order valence-electron chi connectivity index (χ1n) is 11.2. The maximum atomic E-state index is 13.2. The zero-order valence-corrected chi connectivity index (χ0v) is 18.4. The van der Waals surface area contributed by atoms with E-state index >= 15 is 0 Å². The molecule has 5 rings (SSSR count). The van der Waals surface area contributed by atoms with Crippen molar-refractivity contribution in [3.63, 3.8) is 0 Å². The first kappa shape index (κ1) is 20.9. The van der Waals surface area contributed by atoms with Crippen molar-refractivity contribution in [3.8, 4) is 0 Å². The highest BCUT2D eigenvalue weighted by Crippen LogP contribution is 2.21. The monoisotopic (exact) mass is 435 g/mol. The fraction of sp³-hybridized carbons (Fsp3) is 0.222. The summed E-state index contributed by atoms with van der Waals surface area (Å²) in [5.41, 5.74) is 3.73. The molecule has 6 nitrogen and oxygen atoms in total. The van der Waals surface area contributed by atoms with Gasteiger partial charge in [0, 0.05) is 51.0 Å². The number of benzene rings is 3. The number of piperazine rings is 1. The van der Waals surface area contributed by atoms with Gasteiger partial charge >= 0.3 is 0 Å². The van der Waals surface area contributed by atoms with Crippen molar-refractivity contribution in [1.29, 1.82) is 0 Å². The first-order chi connectivity index (χ1) is 16.2. The van der Waals surface area contributed by atoms with Crippen molar-refractivity contribution < 1.29 is 4.79 Å². The van der Waals surface area contributed by atoms with Crippen LogP contribution in [-0.2, 0) is 13.1 Å². The SMILES string of the molecule is [C-]#[N+]c1ccc(Cn2cncc2CN2CCN(C(=O)c3cccc4ccccc34)CC2)cc1. The minimum atomic E-state index is 0.111. The van der Waals surface area contributed by atoms with Crippen molar-refractivity contribution in [2.45, 2.75) is 13.1 Å². The summed E-state index contributed by atoms with van der Waals surface area (Å²) in [5.74, 6) is 0.111. The predicted octanol–water partition coefficient (Wildman–Crippen LogP) is 4.59. The van der Waals surface area contributed by atoms with E-state index in [-0.39, 0.29) is 5.91 Å². The van der Waals surface area contributed by atoms with Gasteiger partial charge in [-0.1, -0.05) is 60.7 Å². The second-order valence-corrected chi connectivity index (χ2v) is 8.39. The van der Waals surface area contributed by atoms with Crippen LogP contribution in [0.3, 0.4) is 0 Å². The number of rotatable bonds is 5. The van der Waals surface area contributed by atoms with Gasteiger partial charge < -0.3 is 9.47 Å². The van der Waals surface area contributed by atoms with Crippen molar-refractivity contribution in [2.75, 3.05) is 26.2 Å². The summed E-state index contributed by atoms with van der Waals surface area (Å²) in [6, 6.07) is 21.7.